The summed E-state index contributed by atoms with van der Waals surface area (Å²) >= 11 is 7.51. The van der Waals surface area contributed by atoms with Crippen LogP contribution in [0.3, 0.4) is 0 Å². The summed E-state index contributed by atoms with van der Waals surface area (Å²) in [5.74, 6) is 0.350. The van der Waals surface area contributed by atoms with E-state index in [1.807, 2.05) is 38.1 Å². The number of thioether (sulfide) groups is 1. The molecule has 1 N–H and O–H groups in total. The fourth-order valence-corrected chi connectivity index (χ4v) is 3.78. The van der Waals surface area contributed by atoms with Crippen LogP contribution in [0.25, 0.3) is 0 Å². The van der Waals surface area contributed by atoms with E-state index in [0.717, 1.165) is 27.7 Å². The summed E-state index contributed by atoms with van der Waals surface area (Å²) in [6, 6.07) is 11.9. The van der Waals surface area contributed by atoms with Gasteiger partial charge in [-0.1, -0.05) is 23.7 Å². The largest absolute Gasteiger partial charge is 0.353 e. The number of hydrogen-bond donors (Lipinski definition) is 1. The van der Waals surface area contributed by atoms with Crippen molar-refractivity contribution in [3.8, 4) is 0 Å². The van der Waals surface area contributed by atoms with Gasteiger partial charge in [-0.3, -0.25) is 9.79 Å². The fourth-order valence-electron chi connectivity index (χ4n) is 2.87. The maximum absolute atomic E-state index is 12.1. The number of carbonyl (C=O) groups is 1. The standard InChI is InChI=1S/C22H24ClN3OS/c1-13(2)24-21(27)12-28-22-11-18(16-5-7-17(23)8-6-16)25-19-9-14(3)15(4)10-20(19)26-22/h5-10,13H,11-12H2,1-4H3,(H,24,27). The monoisotopic (exact) mass is 413 g/mol. The second-order valence-corrected chi connectivity index (χ2v) is 8.67. The molecule has 0 fully saturated rings. The predicted molar refractivity (Wildman–Crippen MR) is 121 cm³/mol. The van der Waals surface area contributed by atoms with Gasteiger partial charge in [0.2, 0.25) is 5.91 Å². The zero-order valence-electron chi connectivity index (χ0n) is 16.5. The Labute approximate surface area is 175 Å². The quantitative estimate of drug-likeness (QED) is 0.691. The first-order chi connectivity index (χ1) is 13.3. The Morgan fingerprint density at radius 3 is 2.32 bits per heavy atom. The number of aliphatic imine (C=N–C) groups is 2. The molecule has 4 nitrogen and oxygen atoms in total. The number of fused-ring (bicyclic) bond motifs is 1. The average molecular weight is 414 g/mol. The zero-order valence-corrected chi connectivity index (χ0v) is 18.1. The molecule has 0 saturated carbocycles. The highest BCUT2D eigenvalue weighted by atomic mass is 35.5. The smallest absolute Gasteiger partial charge is 0.230 e. The summed E-state index contributed by atoms with van der Waals surface area (Å²) in [5.41, 5.74) is 5.99. The molecule has 1 aliphatic heterocycles. The Morgan fingerprint density at radius 1 is 1.11 bits per heavy atom. The number of nitrogens with one attached hydrogen (secondary N) is 1. The molecule has 2 aromatic rings. The molecule has 1 heterocycles. The lowest BCUT2D eigenvalue weighted by Gasteiger charge is -2.10. The van der Waals surface area contributed by atoms with Crippen molar-refractivity contribution in [3.63, 3.8) is 0 Å². The molecule has 0 bridgehead atoms. The fraction of sp³-hybridized carbons (Fsp3) is 0.318. The number of rotatable bonds is 4. The molecule has 2 aromatic carbocycles. The molecule has 0 aromatic heterocycles. The molecule has 0 saturated heterocycles. The highest BCUT2D eigenvalue weighted by Crippen LogP contribution is 2.36. The van der Waals surface area contributed by atoms with E-state index in [4.69, 9.17) is 21.6 Å². The molecule has 0 aliphatic carbocycles. The third-order valence-electron chi connectivity index (χ3n) is 4.41. The van der Waals surface area contributed by atoms with Crippen molar-refractivity contribution < 1.29 is 4.79 Å². The van der Waals surface area contributed by atoms with Crippen LogP contribution in [0.1, 0.15) is 37.0 Å². The number of nitrogens with zero attached hydrogens (tertiary/aromatic N) is 2. The van der Waals surface area contributed by atoms with E-state index in [2.05, 4.69) is 31.3 Å². The maximum atomic E-state index is 12.1. The van der Waals surface area contributed by atoms with Crippen LogP contribution < -0.4 is 5.32 Å². The first-order valence-electron chi connectivity index (χ1n) is 9.26. The topological polar surface area (TPSA) is 53.8 Å². The Kier molecular flexibility index (Phi) is 6.57. The van der Waals surface area contributed by atoms with Gasteiger partial charge in [0, 0.05) is 17.5 Å². The molecule has 28 heavy (non-hydrogen) atoms. The van der Waals surface area contributed by atoms with Crippen molar-refractivity contribution in [2.24, 2.45) is 9.98 Å². The van der Waals surface area contributed by atoms with Crippen molar-refractivity contribution in [2.75, 3.05) is 5.75 Å². The van der Waals surface area contributed by atoms with Crippen LogP contribution >= 0.6 is 23.4 Å². The number of halogens is 1. The van der Waals surface area contributed by atoms with E-state index in [-0.39, 0.29) is 11.9 Å². The molecule has 146 valence electrons. The van der Waals surface area contributed by atoms with E-state index in [0.29, 0.717) is 17.2 Å². The second kappa shape index (κ2) is 8.93. The van der Waals surface area contributed by atoms with Crippen molar-refractivity contribution in [1.82, 2.24) is 5.32 Å². The van der Waals surface area contributed by atoms with Crippen molar-refractivity contribution in [2.45, 2.75) is 40.2 Å². The average Bonchev–Trinajstić information content (AvgIpc) is 2.80. The van der Waals surface area contributed by atoms with Gasteiger partial charge in [-0.2, -0.15) is 0 Å². The van der Waals surface area contributed by atoms with Gasteiger partial charge >= 0.3 is 0 Å². The van der Waals surface area contributed by atoms with Gasteiger partial charge in [0.05, 0.1) is 27.9 Å². The van der Waals surface area contributed by atoms with E-state index in [1.165, 1.54) is 22.9 Å². The highest BCUT2D eigenvalue weighted by molar-refractivity contribution is 8.14. The van der Waals surface area contributed by atoms with Crippen LogP contribution in [0.15, 0.2) is 46.4 Å². The zero-order chi connectivity index (χ0) is 20.3. The number of carbonyl (C=O) groups excluding carboxylic acids is 1. The number of benzene rings is 2. The maximum Gasteiger partial charge on any atom is 0.230 e. The van der Waals surface area contributed by atoms with E-state index < -0.39 is 0 Å². The van der Waals surface area contributed by atoms with Gasteiger partial charge in [0.15, 0.2) is 0 Å². The lowest BCUT2D eigenvalue weighted by Crippen LogP contribution is -2.31. The molecule has 0 atom stereocenters. The summed E-state index contributed by atoms with van der Waals surface area (Å²) in [7, 11) is 0. The third kappa shape index (κ3) is 5.24. The molecular formula is C22H24ClN3OS. The minimum Gasteiger partial charge on any atom is -0.353 e. The van der Waals surface area contributed by atoms with E-state index in [9.17, 15) is 4.79 Å². The SMILES string of the molecule is Cc1cc2c(cc1C)N=C(c1ccc(Cl)cc1)CC(SCC(=O)NC(C)C)=N2. The Morgan fingerprint density at radius 2 is 1.71 bits per heavy atom. The van der Waals surface area contributed by atoms with Crippen LogP contribution in [0.4, 0.5) is 11.4 Å². The summed E-state index contributed by atoms with van der Waals surface area (Å²) < 4.78 is 0. The third-order valence-corrected chi connectivity index (χ3v) is 5.63. The number of amides is 1. The second-order valence-electron chi connectivity index (χ2n) is 7.18. The van der Waals surface area contributed by atoms with E-state index in [1.54, 1.807) is 0 Å². The Hall–Kier alpha value is -2.11. The number of hydrogen-bond acceptors (Lipinski definition) is 4. The minimum absolute atomic E-state index is 0.0113. The highest BCUT2D eigenvalue weighted by Gasteiger charge is 2.17. The van der Waals surface area contributed by atoms with Crippen LogP contribution in [-0.4, -0.2) is 28.5 Å². The van der Waals surface area contributed by atoms with Crippen LogP contribution in [0.2, 0.25) is 5.02 Å². The number of aryl methyl sites for hydroxylation is 2. The summed E-state index contributed by atoms with van der Waals surface area (Å²) in [6.45, 7) is 8.06. The van der Waals surface area contributed by atoms with Crippen LogP contribution in [-0.2, 0) is 4.79 Å². The normalized spacial score (nSPS) is 13.5. The first-order valence-corrected chi connectivity index (χ1v) is 10.6. The lowest BCUT2D eigenvalue weighted by atomic mass is 10.1. The van der Waals surface area contributed by atoms with E-state index >= 15 is 0 Å². The molecule has 0 unspecified atom stereocenters. The summed E-state index contributed by atoms with van der Waals surface area (Å²) in [6.07, 6.45) is 0.577. The van der Waals surface area contributed by atoms with Crippen molar-refractivity contribution >= 4 is 51.4 Å². The molecule has 0 radical (unpaired) electrons. The van der Waals surface area contributed by atoms with Crippen molar-refractivity contribution in [3.05, 3.63) is 58.1 Å². The van der Waals surface area contributed by atoms with Crippen LogP contribution in [0, 0.1) is 13.8 Å². The minimum atomic E-state index is 0.0113. The van der Waals surface area contributed by atoms with Gasteiger partial charge in [-0.25, -0.2) is 4.99 Å². The molecule has 1 aliphatic rings. The molecule has 3 rings (SSSR count). The summed E-state index contributed by atoms with van der Waals surface area (Å²) in [4.78, 5) is 21.8. The molecular weight excluding hydrogens is 390 g/mol. The Bertz CT molecular complexity index is 949. The van der Waals surface area contributed by atoms with Gasteiger partial charge in [-0.15, -0.1) is 11.8 Å². The summed E-state index contributed by atoms with van der Waals surface area (Å²) in [5, 5.41) is 4.50. The van der Waals surface area contributed by atoms with Crippen LogP contribution in [0.5, 0.6) is 0 Å². The molecule has 6 heteroatoms. The van der Waals surface area contributed by atoms with Gasteiger partial charge in [0.25, 0.3) is 0 Å². The molecule has 0 spiro atoms. The first kappa shape index (κ1) is 20.6. The lowest BCUT2D eigenvalue weighted by molar-refractivity contribution is -0.119. The predicted octanol–water partition coefficient (Wildman–Crippen LogP) is 5.77. The van der Waals surface area contributed by atoms with Gasteiger partial charge in [-0.05, 0) is 68.7 Å². The van der Waals surface area contributed by atoms with Gasteiger partial charge < -0.3 is 5.32 Å². The molecule has 1 amide bonds. The Balaban J connectivity index is 1.95. The van der Waals surface area contributed by atoms with Gasteiger partial charge in [0.1, 0.15) is 0 Å². The van der Waals surface area contributed by atoms with Crippen molar-refractivity contribution in [1.29, 1.82) is 0 Å².